The zero-order chi connectivity index (χ0) is 25.1. The maximum absolute atomic E-state index is 12.8. The van der Waals surface area contributed by atoms with Gasteiger partial charge in [0.2, 0.25) is 5.91 Å². The summed E-state index contributed by atoms with van der Waals surface area (Å²) in [5.41, 5.74) is 0.332. The van der Waals surface area contributed by atoms with Crippen LogP contribution in [0.1, 0.15) is 20.3 Å². The van der Waals surface area contributed by atoms with Gasteiger partial charge in [-0.15, -0.1) is 0 Å². The van der Waals surface area contributed by atoms with E-state index in [1.165, 1.54) is 43.6 Å². The van der Waals surface area contributed by atoms with Gasteiger partial charge in [-0.1, -0.05) is 11.6 Å². The number of nitrogens with one attached hydrogen (secondary N) is 2. The minimum absolute atomic E-state index is 0.00948. The molecule has 1 fully saturated rings. The van der Waals surface area contributed by atoms with Crippen LogP contribution in [-0.4, -0.2) is 54.2 Å². The van der Waals surface area contributed by atoms with Crippen LogP contribution in [0.2, 0.25) is 5.02 Å². The van der Waals surface area contributed by atoms with Gasteiger partial charge in [-0.05, 0) is 68.8 Å². The maximum Gasteiger partial charge on any atom is 0.325 e. The Kier molecular flexibility index (Phi) is 7.49. The Morgan fingerprint density at radius 1 is 1.12 bits per heavy atom. The lowest BCUT2D eigenvalue weighted by molar-refractivity contribution is -0.136. The van der Waals surface area contributed by atoms with Gasteiger partial charge in [0.15, 0.2) is 9.84 Å². The first-order chi connectivity index (χ1) is 15.9. The van der Waals surface area contributed by atoms with E-state index in [0.29, 0.717) is 16.5 Å². The van der Waals surface area contributed by atoms with Gasteiger partial charge in [-0.25, -0.2) is 18.7 Å². The Morgan fingerprint density at radius 2 is 1.68 bits per heavy atom. The number of nitrogens with zero attached hydrogens (tertiary/aromatic N) is 1. The van der Waals surface area contributed by atoms with Crippen molar-refractivity contribution in [3.63, 3.8) is 0 Å². The summed E-state index contributed by atoms with van der Waals surface area (Å²) in [6.45, 7) is 2.65. The van der Waals surface area contributed by atoms with Gasteiger partial charge in [-0.3, -0.25) is 19.7 Å². The Balaban J connectivity index is 1.67. The fraction of sp³-hybridized carbons (Fsp3) is 0.318. The summed E-state index contributed by atoms with van der Waals surface area (Å²) in [4.78, 5) is 37.5. The molecule has 4 amide bonds. The van der Waals surface area contributed by atoms with E-state index < -0.39 is 44.9 Å². The van der Waals surface area contributed by atoms with Crippen molar-refractivity contribution in [1.82, 2.24) is 15.7 Å². The topological polar surface area (TPSA) is 142 Å². The lowest BCUT2D eigenvalue weighted by Gasteiger charge is -2.21. The number of hydrogen-bond donors (Lipinski definition) is 3. The summed E-state index contributed by atoms with van der Waals surface area (Å²) < 4.78 is 31.3. The molecule has 3 rings (SSSR count). The number of halogens is 1. The smallest absolute Gasteiger partial charge is 0.325 e. The number of carbonyl (C=O) groups excluding carboxylic acids is 3. The third-order valence-corrected chi connectivity index (χ3v) is 7.31. The molecule has 0 saturated carbocycles. The van der Waals surface area contributed by atoms with Crippen LogP contribution in [0.25, 0.3) is 0 Å². The van der Waals surface area contributed by atoms with Crippen molar-refractivity contribution in [3.8, 4) is 11.5 Å². The summed E-state index contributed by atoms with van der Waals surface area (Å²) >= 11 is 5.84. The van der Waals surface area contributed by atoms with E-state index >= 15 is 0 Å². The van der Waals surface area contributed by atoms with Crippen LogP contribution in [0.15, 0.2) is 53.4 Å². The van der Waals surface area contributed by atoms with Gasteiger partial charge in [-0.2, -0.15) is 0 Å². The first-order valence-corrected chi connectivity index (χ1v) is 12.3. The van der Waals surface area contributed by atoms with Gasteiger partial charge in [0.1, 0.15) is 17.0 Å². The SMILES string of the molecule is CC1(C)NC(=O)N(CC(CCS(=O)(=O)c2ccc(Oc3ccc(Cl)cc3)cc2)C(=O)NO)C1=O. The van der Waals surface area contributed by atoms with Crippen LogP contribution in [0, 0.1) is 5.92 Å². The van der Waals surface area contributed by atoms with Crippen molar-refractivity contribution in [2.45, 2.75) is 30.7 Å². The fourth-order valence-corrected chi connectivity index (χ4v) is 4.88. The molecule has 0 bridgehead atoms. The molecule has 12 heteroatoms. The van der Waals surface area contributed by atoms with E-state index in [1.807, 2.05) is 0 Å². The summed E-state index contributed by atoms with van der Waals surface area (Å²) in [5, 5.41) is 12.1. The van der Waals surface area contributed by atoms with Crippen molar-refractivity contribution >= 4 is 39.3 Å². The molecule has 1 saturated heterocycles. The van der Waals surface area contributed by atoms with E-state index in [9.17, 15) is 22.8 Å². The van der Waals surface area contributed by atoms with Gasteiger partial charge in [0, 0.05) is 11.6 Å². The number of hydroxylamine groups is 1. The number of imide groups is 1. The Hall–Kier alpha value is -3.15. The second kappa shape index (κ2) is 10.00. The molecule has 1 unspecified atom stereocenters. The first-order valence-electron chi connectivity index (χ1n) is 10.3. The molecule has 2 aromatic carbocycles. The summed E-state index contributed by atoms with van der Waals surface area (Å²) in [6.07, 6.45) is -0.227. The van der Waals surface area contributed by atoms with Crippen LogP contribution in [0.5, 0.6) is 11.5 Å². The van der Waals surface area contributed by atoms with Crippen molar-refractivity contribution < 1.29 is 32.7 Å². The normalized spacial score (nSPS) is 16.2. The zero-order valence-corrected chi connectivity index (χ0v) is 20.0. The van der Waals surface area contributed by atoms with Crippen LogP contribution in [0.4, 0.5) is 4.79 Å². The maximum atomic E-state index is 12.8. The van der Waals surface area contributed by atoms with Crippen LogP contribution < -0.4 is 15.5 Å². The standard InChI is InChI=1S/C22H24ClN3O7S/c1-22(2)20(28)26(21(29)24-22)13-14(19(27)25-30)11-12-34(31,32)18-9-7-17(8-10-18)33-16-5-3-15(23)4-6-16/h3-10,14,30H,11-13H2,1-2H3,(H,24,29)(H,25,27). The van der Waals surface area contributed by atoms with Crippen molar-refractivity contribution in [3.05, 3.63) is 53.6 Å². The zero-order valence-electron chi connectivity index (χ0n) is 18.4. The average Bonchev–Trinajstić information content (AvgIpc) is 2.99. The lowest BCUT2D eigenvalue weighted by atomic mass is 10.0. The second-order valence-corrected chi connectivity index (χ2v) is 10.8. The van der Waals surface area contributed by atoms with E-state index in [-0.39, 0.29) is 17.9 Å². The molecule has 0 spiro atoms. The number of urea groups is 1. The average molecular weight is 510 g/mol. The molecule has 1 aliphatic heterocycles. The van der Waals surface area contributed by atoms with Gasteiger partial charge < -0.3 is 10.1 Å². The van der Waals surface area contributed by atoms with Gasteiger partial charge >= 0.3 is 6.03 Å². The van der Waals surface area contributed by atoms with Crippen LogP contribution >= 0.6 is 11.6 Å². The lowest BCUT2D eigenvalue weighted by Crippen LogP contribution is -2.43. The molecular formula is C22H24ClN3O7S. The highest BCUT2D eigenvalue weighted by molar-refractivity contribution is 7.91. The summed E-state index contributed by atoms with van der Waals surface area (Å²) in [6, 6.07) is 11.7. The molecule has 10 nitrogen and oxygen atoms in total. The Bertz CT molecular complexity index is 1180. The molecule has 182 valence electrons. The molecule has 3 N–H and O–H groups in total. The molecule has 0 radical (unpaired) electrons. The summed E-state index contributed by atoms with van der Waals surface area (Å²) in [7, 11) is -3.81. The molecule has 1 atom stereocenters. The number of sulfone groups is 1. The molecule has 0 aliphatic carbocycles. The summed E-state index contributed by atoms with van der Waals surface area (Å²) in [5.74, 6) is -2.08. The van der Waals surface area contributed by atoms with E-state index in [2.05, 4.69) is 5.32 Å². The Morgan fingerprint density at radius 3 is 2.18 bits per heavy atom. The number of carbonyl (C=O) groups is 3. The number of rotatable bonds is 9. The van der Waals surface area contributed by atoms with Crippen molar-refractivity contribution in [2.24, 2.45) is 5.92 Å². The number of benzene rings is 2. The molecule has 1 aliphatic rings. The van der Waals surface area contributed by atoms with Crippen LogP contribution in [-0.2, 0) is 19.4 Å². The fourth-order valence-electron chi connectivity index (χ4n) is 3.37. The largest absolute Gasteiger partial charge is 0.457 e. The highest BCUT2D eigenvalue weighted by atomic mass is 35.5. The predicted molar refractivity (Wildman–Crippen MR) is 122 cm³/mol. The van der Waals surface area contributed by atoms with Crippen molar-refractivity contribution in [1.29, 1.82) is 0 Å². The van der Waals surface area contributed by atoms with E-state index in [0.717, 1.165) is 4.90 Å². The third-order valence-electron chi connectivity index (χ3n) is 5.30. The van der Waals surface area contributed by atoms with E-state index in [4.69, 9.17) is 21.5 Å². The molecular weight excluding hydrogens is 486 g/mol. The van der Waals surface area contributed by atoms with Crippen LogP contribution in [0.3, 0.4) is 0 Å². The second-order valence-electron chi connectivity index (χ2n) is 8.28. The van der Waals surface area contributed by atoms with Gasteiger partial charge in [0.25, 0.3) is 5.91 Å². The number of ether oxygens (including phenoxy) is 1. The Labute approximate surface area is 201 Å². The molecule has 1 heterocycles. The van der Waals surface area contributed by atoms with Crippen molar-refractivity contribution in [2.75, 3.05) is 12.3 Å². The highest BCUT2D eigenvalue weighted by Crippen LogP contribution is 2.25. The quantitative estimate of drug-likeness (QED) is 0.268. The molecule has 34 heavy (non-hydrogen) atoms. The molecule has 0 aromatic heterocycles. The predicted octanol–water partition coefficient (Wildman–Crippen LogP) is 2.75. The molecule has 2 aromatic rings. The number of amides is 4. The third kappa shape index (κ3) is 5.85. The first kappa shape index (κ1) is 25.5. The minimum atomic E-state index is -3.81. The minimum Gasteiger partial charge on any atom is -0.457 e. The van der Waals surface area contributed by atoms with Gasteiger partial charge in [0.05, 0.1) is 16.6 Å². The highest BCUT2D eigenvalue weighted by Gasteiger charge is 2.45. The van der Waals surface area contributed by atoms with E-state index in [1.54, 1.807) is 24.3 Å². The monoisotopic (exact) mass is 509 g/mol. The number of hydrogen-bond acceptors (Lipinski definition) is 7.